The minimum Gasteiger partial charge on any atom is -0.495 e. The standard InChI is InChI=1S/C24H29N5O5S/c1-4-29(5-2)35(32,33)20-9-10-22(34-3)21(16-20)27-24(31)18-7-6-8-19(15-18)26-23(30)11-13-28-14-12-25-17-28/h6-10,12,14-17H,4-5,11,13H2,1-3H3,(H,26,30)(H,27,31). The van der Waals surface area contributed by atoms with Crippen LogP contribution in [0.3, 0.4) is 0 Å². The summed E-state index contributed by atoms with van der Waals surface area (Å²) in [5.74, 6) is -0.358. The van der Waals surface area contributed by atoms with Crippen molar-refractivity contribution in [3.8, 4) is 5.75 Å². The molecule has 35 heavy (non-hydrogen) atoms. The zero-order valence-electron chi connectivity index (χ0n) is 19.9. The Kier molecular flexibility index (Phi) is 8.61. The van der Waals surface area contributed by atoms with E-state index in [-0.39, 0.29) is 28.5 Å². The van der Waals surface area contributed by atoms with Crippen LogP contribution in [-0.4, -0.2) is 54.3 Å². The molecule has 2 N–H and O–H groups in total. The topological polar surface area (TPSA) is 123 Å². The minimum absolute atomic E-state index is 0.0520. The highest BCUT2D eigenvalue weighted by Gasteiger charge is 2.23. The van der Waals surface area contributed by atoms with Crippen molar-refractivity contribution >= 4 is 33.2 Å². The molecule has 2 aromatic carbocycles. The molecular formula is C24H29N5O5S. The van der Waals surface area contributed by atoms with Crippen LogP contribution in [0.4, 0.5) is 11.4 Å². The first-order valence-corrected chi connectivity index (χ1v) is 12.6. The van der Waals surface area contributed by atoms with Crippen molar-refractivity contribution in [1.82, 2.24) is 13.9 Å². The van der Waals surface area contributed by atoms with Gasteiger partial charge in [0.05, 0.1) is 24.0 Å². The highest BCUT2D eigenvalue weighted by atomic mass is 32.2. The van der Waals surface area contributed by atoms with Gasteiger partial charge in [-0.2, -0.15) is 4.31 Å². The molecule has 11 heteroatoms. The molecule has 3 aromatic rings. The number of aryl methyl sites for hydroxylation is 1. The number of amides is 2. The Balaban J connectivity index is 1.75. The lowest BCUT2D eigenvalue weighted by Gasteiger charge is -2.19. The smallest absolute Gasteiger partial charge is 0.255 e. The second kappa shape index (κ2) is 11.6. The van der Waals surface area contributed by atoms with E-state index in [1.807, 2.05) is 0 Å². The molecular weight excluding hydrogens is 470 g/mol. The van der Waals surface area contributed by atoms with Gasteiger partial charge in [0.25, 0.3) is 5.91 Å². The summed E-state index contributed by atoms with van der Waals surface area (Å²) in [6, 6.07) is 10.8. The van der Waals surface area contributed by atoms with Crippen molar-refractivity contribution in [3.05, 3.63) is 66.7 Å². The molecule has 0 atom stereocenters. The van der Waals surface area contributed by atoms with E-state index in [0.29, 0.717) is 31.1 Å². The number of aromatic nitrogens is 2. The zero-order chi connectivity index (χ0) is 25.4. The zero-order valence-corrected chi connectivity index (χ0v) is 20.7. The van der Waals surface area contributed by atoms with E-state index in [1.165, 1.54) is 29.6 Å². The molecule has 0 saturated heterocycles. The number of carbonyl (C=O) groups is 2. The molecule has 0 aliphatic heterocycles. The first kappa shape index (κ1) is 25.9. The van der Waals surface area contributed by atoms with Gasteiger partial charge in [-0.3, -0.25) is 9.59 Å². The summed E-state index contributed by atoms with van der Waals surface area (Å²) >= 11 is 0. The highest BCUT2D eigenvalue weighted by molar-refractivity contribution is 7.89. The van der Waals surface area contributed by atoms with E-state index in [0.717, 1.165) is 0 Å². The minimum atomic E-state index is -3.72. The number of sulfonamides is 1. The quantitative estimate of drug-likeness (QED) is 0.418. The van der Waals surface area contributed by atoms with Gasteiger partial charge in [0.1, 0.15) is 5.75 Å². The monoisotopic (exact) mass is 499 g/mol. The van der Waals surface area contributed by atoms with Gasteiger partial charge in [0.2, 0.25) is 15.9 Å². The Morgan fingerprint density at radius 1 is 1.09 bits per heavy atom. The number of hydrogen-bond donors (Lipinski definition) is 2. The van der Waals surface area contributed by atoms with Crippen LogP contribution in [0, 0.1) is 0 Å². The normalized spacial score (nSPS) is 11.3. The summed E-state index contributed by atoms with van der Waals surface area (Å²) < 4.78 is 34.3. The molecule has 0 bridgehead atoms. The van der Waals surface area contributed by atoms with Gasteiger partial charge in [-0.25, -0.2) is 13.4 Å². The molecule has 0 unspecified atom stereocenters. The molecule has 0 aliphatic rings. The Morgan fingerprint density at radius 3 is 2.51 bits per heavy atom. The van der Waals surface area contributed by atoms with E-state index >= 15 is 0 Å². The Labute approximate surface area is 205 Å². The summed E-state index contributed by atoms with van der Waals surface area (Å²) in [5, 5.41) is 5.50. The number of nitrogens with one attached hydrogen (secondary N) is 2. The molecule has 3 rings (SSSR count). The summed E-state index contributed by atoms with van der Waals surface area (Å²) in [4.78, 5) is 29.2. The molecule has 186 valence electrons. The molecule has 1 aromatic heterocycles. The number of benzene rings is 2. The summed E-state index contributed by atoms with van der Waals surface area (Å²) in [6.45, 7) is 4.66. The molecule has 0 spiro atoms. The number of imidazole rings is 1. The van der Waals surface area contributed by atoms with Crippen molar-refractivity contribution < 1.29 is 22.7 Å². The number of methoxy groups -OCH3 is 1. The number of ether oxygens (including phenoxy) is 1. The van der Waals surface area contributed by atoms with Crippen LogP contribution in [0.25, 0.3) is 0 Å². The van der Waals surface area contributed by atoms with Gasteiger partial charge in [0, 0.05) is 49.7 Å². The third kappa shape index (κ3) is 6.46. The molecule has 2 amide bonds. The highest BCUT2D eigenvalue weighted by Crippen LogP contribution is 2.29. The maximum absolute atomic E-state index is 13.0. The van der Waals surface area contributed by atoms with E-state index in [1.54, 1.807) is 61.4 Å². The fraction of sp³-hybridized carbons (Fsp3) is 0.292. The lowest BCUT2D eigenvalue weighted by atomic mass is 10.1. The number of rotatable bonds is 11. The molecule has 0 radical (unpaired) electrons. The summed E-state index contributed by atoms with van der Waals surface area (Å²) in [6.07, 6.45) is 5.30. The van der Waals surface area contributed by atoms with Crippen molar-refractivity contribution in [2.45, 2.75) is 31.7 Å². The predicted octanol–water partition coefficient (Wildman–Crippen LogP) is 3.20. The van der Waals surface area contributed by atoms with Gasteiger partial charge < -0.3 is 19.9 Å². The van der Waals surface area contributed by atoms with Crippen LogP contribution in [0.1, 0.15) is 30.6 Å². The largest absolute Gasteiger partial charge is 0.495 e. The average Bonchev–Trinajstić information content (AvgIpc) is 3.37. The number of carbonyl (C=O) groups excluding carboxylic acids is 2. The number of anilines is 2. The second-order valence-electron chi connectivity index (χ2n) is 7.59. The van der Waals surface area contributed by atoms with Crippen LogP contribution in [0.15, 0.2) is 66.1 Å². The van der Waals surface area contributed by atoms with Gasteiger partial charge in [0.15, 0.2) is 0 Å². The van der Waals surface area contributed by atoms with Gasteiger partial charge in [-0.05, 0) is 36.4 Å². The molecule has 1 heterocycles. The average molecular weight is 500 g/mol. The molecule has 0 saturated carbocycles. The maximum atomic E-state index is 13.0. The summed E-state index contributed by atoms with van der Waals surface area (Å²) in [7, 11) is -2.28. The first-order chi connectivity index (χ1) is 16.8. The van der Waals surface area contributed by atoms with Crippen LogP contribution < -0.4 is 15.4 Å². The third-order valence-corrected chi connectivity index (χ3v) is 7.37. The van der Waals surface area contributed by atoms with Gasteiger partial charge in [-0.15, -0.1) is 0 Å². The number of nitrogens with zero attached hydrogens (tertiary/aromatic N) is 3. The Morgan fingerprint density at radius 2 is 1.86 bits per heavy atom. The van der Waals surface area contributed by atoms with Crippen LogP contribution in [-0.2, 0) is 21.4 Å². The fourth-order valence-electron chi connectivity index (χ4n) is 3.46. The van der Waals surface area contributed by atoms with E-state index in [4.69, 9.17) is 4.74 Å². The van der Waals surface area contributed by atoms with Crippen molar-refractivity contribution in [2.75, 3.05) is 30.8 Å². The van der Waals surface area contributed by atoms with Gasteiger partial charge >= 0.3 is 0 Å². The SMILES string of the molecule is CCN(CC)S(=O)(=O)c1ccc(OC)c(NC(=O)c2cccc(NC(=O)CCn3ccnc3)c2)c1. The summed E-state index contributed by atoms with van der Waals surface area (Å²) in [5.41, 5.74) is 0.982. The molecule has 0 aliphatic carbocycles. The lowest BCUT2D eigenvalue weighted by Crippen LogP contribution is -2.30. The third-order valence-electron chi connectivity index (χ3n) is 5.33. The van der Waals surface area contributed by atoms with Crippen LogP contribution in [0.5, 0.6) is 5.75 Å². The Hall–Kier alpha value is -3.70. The van der Waals surface area contributed by atoms with Crippen molar-refractivity contribution in [1.29, 1.82) is 0 Å². The number of hydrogen-bond acceptors (Lipinski definition) is 6. The van der Waals surface area contributed by atoms with Crippen LogP contribution in [0.2, 0.25) is 0 Å². The Bertz CT molecular complexity index is 1270. The maximum Gasteiger partial charge on any atom is 0.255 e. The molecule has 10 nitrogen and oxygen atoms in total. The van der Waals surface area contributed by atoms with Crippen molar-refractivity contribution in [2.24, 2.45) is 0 Å². The van der Waals surface area contributed by atoms with E-state index < -0.39 is 15.9 Å². The van der Waals surface area contributed by atoms with Crippen molar-refractivity contribution in [3.63, 3.8) is 0 Å². The predicted molar refractivity (Wildman–Crippen MR) is 133 cm³/mol. The fourth-order valence-corrected chi connectivity index (χ4v) is 4.95. The lowest BCUT2D eigenvalue weighted by molar-refractivity contribution is -0.116. The van der Waals surface area contributed by atoms with E-state index in [2.05, 4.69) is 15.6 Å². The van der Waals surface area contributed by atoms with Crippen LogP contribution >= 0.6 is 0 Å². The van der Waals surface area contributed by atoms with E-state index in [9.17, 15) is 18.0 Å². The first-order valence-electron chi connectivity index (χ1n) is 11.1. The van der Waals surface area contributed by atoms with Gasteiger partial charge in [-0.1, -0.05) is 19.9 Å². The second-order valence-corrected chi connectivity index (χ2v) is 9.52. The molecule has 0 fully saturated rings.